The minimum atomic E-state index is -0.539. The van der Waals surface area contributed by atoms with Gasteiger partial charge in [-0.05, 0) is 43.2 Å². The molecular formula is C22H29F2IN4O2. The maximum atomic E-state index is 14.0. The number of halogens is 3. The van der Waals surface area contributed by atoms with E-state index >= 15 is 0 Å². The number of benzene rings is 2. The molecule has 9 heteroatoms. The minimum Gasteiger partial charge on any atom is -0.493 e. The molecular weight excluding hydrogens is 517 g/mol. The summed E-state index contributed by atoms with van der Waals surface area (Å²) >= 11 is 0. The number of anilines is 1. The van der Waals surface area contributed by atoms with E-state index < -0.39 is 11.6 Å². The third-order valence-corrected chi connectivity index (χ3v) is 4.99. The Balaban J connectivity index is 0.00000341. The standard InChI is InChI=1S/C22H28F2N4O2.HI/c1-4-30-19-9-8-15(12-20(19)29-3)13-26-22(25-2)27-16-10-11-28(14-16)21-17(23)6-5-7-18(21)24;/h5-9,12,16H,4,10-11,13-14H2,1-3H3,(H2,25,26,27);1H. The van der Waals surface area contributed by atoms with Crippen LogP contribution in [0.1, 0.15) is 18.9 Å². The quantitative estimate of drug-likeness (QED) is 0.313. The van der Waals surface area contributed by atoms with E-state index in [1.807, 2.05) is 25.1 Å². The van der Waals surface area contributed by atoms with Crippen LogP contribution in [-0.4, -0.2) is 45.9 Å². The second kappa shape index (κ2) is 11.9. The minimum absolute atomic E-state index is 0. The van der Waals surface area contributed by atoms with Crippen LogP contribution in [0.2, 0.25) is 0 Å². The lowest BCUT2D eigenvalue weighted by atomic mass is 10.2. The largest absolute Gasteiger partial charge is 0.493 e. The van der Waals surface area contributed by atoms with Crippen molar-refractivity contribution in [3.05, 3.63) is 53.6 Å². The Hall–Kier alpha value is -2.30. The van der Waals surface area contributed by atoms with Gasteiger partial charge in [0.15, 0.2) is 17.5 Å². The molecule has 0 aromatic heterocycles. The molecule has 0 bridgehead atoms. The van der Waals surface area contributed by atoms with Gasteiger partial charge in [0, 0.05) is 32.7 Å². The Bertz CT molecular complexity index is 878. The molecule has 1 unspecified atom stereocenters. The van der Waals surface area contributed by atoms with E-state index in [2.05, 4.69) is 15.6 Å². The van der Waals surface area contributed by atoms with Crippen LogP contribution in [-0.2, 0) is 6.54 Å². The average Bonchev–Trinajstić information content (AvgIpc) is 3.20. The molecule has 1 saturated heterocycles. The maximum absolute atomic E-state index is 14.0. The van der Waals surface area contributed by atoms with Gasteiger partial charge in [-0.1, -0.05) is 12.1 Å². The highest BCUT2D eigenvalue weighted by molar-refractivity contribution is 14.0. The van der Waals surface area contributed by atoms with Gasteiger partial charge < -0.3 is 25.0 Å². The van der Waals surface area contributed by atoms with Crippen LogP contribution < -0.4 is 25.0 Å². The lowest BCUT2D eigenvalue weighted by Crippen LogP contribution is -2.44. The molecule has 31 heavy (non-hydrogen) atoms. The highest BCUT2D eigenvalue weighted by atomic mass is 127. The molecule has 1 aliphatic heterocycles. The van der Waals surface area contributed by atoms with Gasteiger partial charge in [-0.25, -0.2) is 8.78 Å². The SMILES string of the molecule is CCOc1ccc(CNC(=NC)NC2CCN(c3c(F)cccc3F)C2)cc1OC.I. The predicted octanol–water partition coefficient (Wildman–Crippen LogP) is 3.93. The number of methoxy groups -OCH3 is 1. The second-order valence-corrected chi connectivity index (χ2v) is 6.99. The molecule has 2 aromatic carbocycles. The molecule has 0 spiro atoms. The van der Waals surface area contributed by atoms with Crippen molar-refractivity contribution in [2.45, 2.75) is 25.9 Å². The number of hydrogen-bond donors (Lipinski definition) is 2. The zero-order chi connectivity index (χ0) is 21.5. The summed E-state index contributed by atoms with van der Waals surface area (Å²) in [6, 6.07) is 9.74. The van der Waals surface area contributed by atoms with Crippen molar-refractivity contribution >= 4 is 35.6 Å². The Morgan fingerprint density at radius 2 is 1.94 bits per heavy atom. The van der Waals surface area contributed by atoms with Gasteiger partial charge in [0.2, 0.25) is 0 Å². The van der Waals surface area contributed by atoms with Gasteiger partial charge in [-0.3, -0.25) is 4.99 Å². The molecule has 2 aromatic rings. The van der Waals surface area contributed by atoms with Gasteiger partial charge >= 0.3 is 0 Å². The van der Waals surface area contributed by atoms with E-state index in [1.165, 1.54) is 18.2 Å². The summed E-state index contributed by atoms with van der Waals surface area (Å²) in [5.41, 5.74) is 1.05. The van der Waals surface area contributed by atoms with Crippen molar-refractivity contribution in [2.75, 3.05) is 38.8 Å². The molecule has 2 N–H and O–H groups in total. The van der Waals surface area contributed by atoms with Crippen molar-refractivity contribution in [1.82, 2.24) is 10.6 Å². The number of para-hydroxylation sites is 1. The van der Waals surface area contributed by atoms with Crippen molar-refractivity contribution in [1.29, 1.82) is 0 Å². The van der Waals surface area contributed by atoms with Gasteiger partial charge in [0.05, 0.1) is 13.7 Å². The highest BCUT2D eigenvalue weighted by Crippen LogP contribution is 2.28. The van der Waals surface area contributed by atoms with Gasteiger partial charge in [-0.2, -0.15) is 0 Å². The first-order valence-electron chi connectivity index (χ1n) is 10.0. The Morgan fingerprint density at radius 1 is 1.19 bits per heavy atom. The first kappa shape index (κ1) is 25.0. The van der Waals surface area contributed by atoms with Gasteiger partial charge in [0.25, 0.3) is 0 Å². The Morgan fingerprint density at radius 3 is 2.58 bits per heavy atom. The van der Waals surface area contributed by atoms with Crippen LogP contribution >= 0.6 is 24.0 Å². The van der Waals surface area contributed by atoms with E-state index in [0.29, 0.717) is 43.7 Å². The van der Waals surface area contributed by atoms with E-state index in [0.717, 1.165) is 12.0 Å². The van der Waals surface area contributed by atoms with Crippen LogP contribution in [0.25, 0.3) is 0 Å². The van der Waals surface area contributed by atoms with Crippen molar-refractivity contribution < 1.29 is 18.3 Å². The zero-order valence-corrected chi connectivity index (χ0v) is 20.3. The number of guanidine groups is 1. The molecule has 1 heterocycles. The van der Waals surface area contributed by atoms with Crippen LogP contribution in [0.3, 0.4) is 0 Å². The molecule has 1 aliphatic rings. The fourth-order valence-electron chi connectivity index (χ4n) is 3.54. The smallest absolute Gasteiger partial charge is 0.191 e. The summed E-state index contributed by atoms with van der Waals surface area (Å²) in [6.07, 6.45) is 0.755. The zero-order valence-electron chi connectivity index (χ0n) is 18.0. The molecule has 0 radical (unpaired) electrons. The topological polar surface area (TPSA) is 58.1 Å². The van der Waals surface area contributed by atoms with E-state index in [1.54, 1.807) is 19.1 Å². The number of nitrogens with zero attached hydrogens (tertiary/aromatic N) is 2. The number of rotatable bonds is 7. The van der Waals surface area contributed by atoms with E-state index in [4.69, 9.17) is 9.47 Å². The summed E-state index contributed by atoms with van der Waals surface area (Å²) in [4.78, 5) is 5.99. The van der Waals surface area contributed by atoms with Gasteiger partial charge in [0.1, 0.15) is 17.3 Å². The van der Waals surface area contributed by atoms with Crippen LogP contribution in [0, 0.1) is 11.6 Å². The fourth-order valence-corrected chi connectivity index (χ4v) is 3.54. The Labute approximate surface area is 199 Å². The predicted molar refractivity (Wildman–Crippen MR) is 130 cm³/mol. The molecule has 0 amide bonds. The third kappa shape index (κ3) is 6.34. The first-order valence-corrected chi connectivity index (χ1v) is 10.0. The number of aliphatic imine (C=N–C) groups is 1. The molecule has 3 rings (SSSR count). The molecule has 6 nitrogen and oxygen atoms in total. The number of nitrogens with one attached hydrogen (secondary N) is 2. The van der Waals surface area contributed by atoms with Gasteiger partial charge in [-0.15, -0.1) is 24.0 Å². The maximum Gasteiger partial charge on any atom is 0.191 e. The summed E-state index contributed by atoms with van der Waals surface area (Å²) in [5.74, 6) is 0.934. The van der Waals surface area contributed by atoms with Crippen molar-refractivity contribution in [3.63, 3.8) is 0 Å². The summed E-state index contributed by atoms with van der Waals surface area (Å²) in [7, 11) is 3.30. The fraction of sp³-hybridized carbons (Fsp3) is 0.409. The normalized spacial score (nSPS) is 16.0. The lowest BCUT2D eigenvalue weighted by molar-refractivity contribution is 0.310. The van der Waals surface area contributed by atoms with Crippen LogP contribution in [0.15, 0.2) is 41.4 Å². The summed E-state index contributed by atoms with van der Waals surface area (Å²) < 4.78 is 39.0. The third-order valence-electron chi connectivity index (χ3n) is 4.99. The molecule has 0 aliphatic carbocycles. The van der Waals surface area contributed by atoms with Crippen molar-refractivity contribution in [3.8, 4) is 11.5 Å². The Kier molecular flexibility index (Phi) is 9.60. The molecule has 1 atom stereocenters. The summed E-state index contributed by atoms with van der Waals surface area (Å²) in [5, 5.41) is 6.60. The molecule has 0 saturated carbocycles. The lowest BCUT2D eigenvalue weighted by Gasteiger charge is -2.21. The van der Waals surface area contributed by atoms with Crippen LogP contribution in [0.5, 0.6) is 11.5 Å². The van der Waals surface area contributed by atoms with Crippen LogP contribution in [0.4, 0.5) is 14.5 Å². The van der Waals surface area contributed by atoms with E-state index in [-0.39, 0.29) is 35.7 Å². The van der Waals surface area contributed by atoms with E-state index in [9.17, 15) is 8.78 Å². The second-order valence-electron chi connectivity index (χ2n) is 6.99. The van der Waals surface area contributed by atoms with Crippen molar-refractivity contribution in [2.24, 2.45) is 4.99 Å². The average molecular weight is 546 g/mol. The highest BCUT2D eigenvalue weighted by Gasteiger charge is 2.27. The summed E-state index contributed by atoms with van der Waals surface area (Å²) in [6.45, 7) is 4.10. The monoisotopic (exact) mass is 546 g/mol. The molecule has 170 valence electrons. The number of ether oxygens (including phenoxy) is 2. The number of hydrogen-bond acceptors (Lipinski definition) is 4. The molecule has 1 fully saturated rings. The first-order chi connectivity index (χ1) is 14.5.